The molecule has 1 unspecified atom stereocenters. The number of amides is 1. The van der Waals surface area contributed by atoms with Gasteiger partial charge in [0.15, 0.2) is 0 Å². The third-order valence-electron chi connectivity index (χ3n) is 4.21. The molecule has 0 spiro atoms. The van der Waals surface area contributed by atoms with Crippen molar-refractivity contribution in [3.05, 3.63) is 35.4 Å². The highest BCUT2D eigenvalue weighted by atomic mass is 16.4. The number of aryl methyl sites for hydroxylation is 1. The van der Waals surface area contributed by atoms with Crippen molar-refractivity contribution in [2.24, 2.45) is 11.3 Å². The summed E-state index contributed by atoms with van der Waals surface area (Å²) in [5, 5.41) is 12.1. The van der Waals surface area contributed by atoms with Gasteiger partial charge in [-0.05, 0) is 30.4 Å². The third-order valence-corrected chi connectivity index (χ3v) is 4.21. The standard InChI is InChI=1S/C17H25NO3/c1-5-13-6-8-14(9-7-13)11-18-15(19)10-17(4,12(2)3)16(20)21/h6-9,12H,5,10-11H2,1-4H3,(H,18,19)(H,20,21). The van der Waals surface area contributed by atoms with Crippen LogP contribution in [0.5, 0.6) is 0 Å². The molecule has 1 aromatic rings. The summed E-state index contributed by atoms with van der Waals surface area (Å²) in [6.07, 6.45) is 0.977. The fourth-order valence-corrected chi connectivity index (χ4v) is 2.02. The van der Waals surface area contributed by atoms with E-state index in [1.165, 1.54) is 5.56 Å². The van der Waals surface area contributed by atoms with Crippen molar-refractivity contribution in [2.45, 2.75) is 47.1 Å². The molecule has 4 nitrogen and oxygen atoms in total. The molecule has 1 amide bonds. The van der Waals surface area contributed by atoms with Gasteiger partial charge in [-0.3, -0.25) is 9.59 Å². The second kappa shape index (κ2) is 7.25. The van der Waals surface area contributed by atoms with Crippen LogP contribution in [-0.4, -0.2) is 17.0 Å². The second-order valence-corrected chi connectivity index (χ2v) is 6.00. The lowest BCUT2D eigenvalue weighted by Gasteiger charge is -2.28. The molecule has 0 aliphatic heterocycles. The Labute approximate surface area is 126 Å². The van der Waals surface area contributed by atoms with Gasteiger partial charge in [-0.15, -0.1) is 0 Å². The molecule has 1 atom stereocenters. The Balaban J connectivity index is 2.58. The minimum absolute atomic E-state index is 0.00690. The number of rotatable bonds is 7. The summed E-state index contributed by atoms with van der Waals surface area (Å²) in [6.45, 7) is 7.79. The minimum atomic E-state index is -1.03. The van der Waals surface area contributed by atoms with E-state index in [9.17, 15) is 14.7 Å². The number of hydrogen-bond acceptors (Lipinski definition) is 2. The molecule has 0 bridgehead atoms. The van der Waals surface area contributed by atoms with E-state index in [0.29, 0.717) is 6.54 Å². The van der Waals surface area contributed by atoms with Crippen LogP contribution in [0.1, 0.15) is 45.2 Å². The first kappa shape index (κ1) is 17.2. The van der Waals surface area contributed by atoms with Gasteiger partial charge in [-0.1, -0.05) is 45.0 Å². The Kier molecular flexibility index (Phi) is 5.94. The first-order valence-electron chi connectivity index (χ1n) is 7.37. The third kappa shape index (κ3) is 4.59. The highest BCUT2D eigenvalue weighted by molar-refractivity contribution is 5.84. The van der Waals surface area contributed by atoms with E-state index in [2.05, 4.69) is 12.2 Å². The molecule has 0 saturated carbocycles. The van der Waals surface area contributed by atoms with Crippen LogP contribution in [0.15, 0.2) is 24.3 Å². The Bertz CT molecular complexity index is 493. The Morgan fingerprint density at radius 2 is 1.71 bits per heavy atom. The number of aliphatic carboxylic acids is 1. The molecule has 116 valence electrons. The number of nitrogens with one attached hydrogen (secondary N) is 1. The quantitative estimate of drug-likeness (QED) is 0.811. The lowest BCUT2D eigenvalue weighted by Crippen LogP contribution is -2.39. The predicted molar refractivity (Wildman–Crippen MR) is 82.9 cm³/mol. The van der Waals surface area contributed by atoms with Gasteiger partial charge >= 0.3 is 5.97 Å². The van der Waals surface area contributed by atoms with Gasteiger partial charge < -0.3 is 10.4 Å². The number of carbonyl (C=O) groups is 2. The van der Waals surface area contributed by atoms with E-state index in [4.69, 9.17) is 0 Å². The molecule has 1 rings (SSSR count). The van der Waals surface area contributed by atoms with E-state index in [-0.39, 0.29) is 18.2 Å². The van der Waals surface area contributed by atoms with Crippen molar-refractivity contribution < 1.29 is 14.7 Å². The van der Waals surface area contributed by atoms with Crippen LogP contribution < -0.4 is 5.32 Å². The van der Waals surface area contributed by atoms with E-state index in [1.54, 1.807) is 6.92 Å². The summed E-state index contributed by atoms with van der Waals surface area (Å²) in [4.78, 5) is 23.4. The Morgan fingerprint density at radius 3 is 2.14 bits per heavy atom. The monoisotopic (exact) mass is 291 g/mol. The van der Waals surface area contributed by atoms with Gasteiger partial charge in [-0.2, -0.15) is 0 Å². The second-order valence-electron chi connectivity index (χ2n) is 6.00. The topological polar surface area (TPSA) is 66.4 Å². The molecule has 4 heteroatoms. The highest BCUT2D eigenvalue weighted by Gasteiger charge is 2.38. The fourth-order valence-electron chi connectivity index (χ4n) is 2.02. The molecule has 0 aliphatic carbocycles. The van der Waals surface area contributed by atoms with Crippen LogP contribution in [0.3, 0.4) is 0 Å². The largest absolute Gasteiger partial charge is 0.481 e. The SMILES string of the molecule is CCc1ccc(CNC(=O)CC(C)(C(=O)O)C(C)C)cc1. The normalized spacial score (nSPS) is 13.8. The van der Waals surface area contributed by atoms with Crippen molar-refractivity contribution in [3.8, 4) is 0 Å². The summed E-state index contributed by atoms with van der Waals surface area (Å²) in [5.41, 5.74) is 1.24. The average molecular weight is 291 g/mol. The molecule has 1 aromatic carbocycles. The molecule has 0 radical (unpaired) electrons. The van der Waals surface area contributed by atoms with Gasteiger partial charge in [0, 0.05) is 13.0 Å². The van der Waals surface area contributed by atoms with E-state index < -0.39 is 11.4 Å². The first-order valence-corrected chi connectivity index (χ1v) is 7.37. The molecule has 2 N–H and O–H groups in total. The molecule has 0 aromatic heterocycles. The number of carboxylic acid groups (broad SMARTS) is 1. The van der Waals surface area contributed by atoms with Gasteiger partial charge in [0.05, 0.1) is 5.41 Å². The molecule has 0 heterocycles. The van der Waals surface area contributed by atoms with Crippen LogP contribution >= 0.6 is 0 Å². The van der Waals surface area contributed by atoms with Crippen molar-refractivity contribution in [2.75, 3.05) is 0 Å². The maximum Gasteiger partial charge on any atom is 0.310 e. The molecule has 0 fully saturated rings. The Hall–Kier alpha value is -1.84. The van der Waals surface area contributed by atoms with Crippen molar-refractivity contribution in [3.63, 3.8) is 0 Å². The zero-order chi connectivity index (χ0) is 16.0. The molecule has 0 saturated heterocycles. The van der Waals surface area contributed by atoms with Crippen molar-refractivity contribution in [1.82, 2.24) is 5.32 Å². The summed E-state index contributed by atoms with van der Waals surface area (Å²) >= 11 is 0. The fraction of sp³-hybridized carbons (Fsp3) is 0.529. The lowest BCUT2D eigenvalue weighted by atomic mass is 9.76. The average Bonchev–Trinajstić information content (AvgIpc) is 2.45. The maximum atomic E-state index is 12.0. The van der Waals surface area contributed by atoms with Crippen LogP contribution in [-0.2, 0) is 22.6 Å². The van der Waals surface area contributed by atoms with Gasteiger partial charge in [-0.25, -0.2) is 0 Å². The maximum absolute atomic E-state index is 12.0. The highest BCUT2D eigenvalue weighted by Crippen LogP contribution is 2.31. The van der Waals surface area contributed by atoms with Gasteiger partial charge in [0.1, 0.15) is 0 Å². The summed E-state index contributed by atoms with van der Waals surface area (Å²) < 4.78 is 0. The van der Waals surface area contributed by atoms with Crippen LogP contribution in [0.4, 0.5) is 0 Å². The van der Waals surface area contributed by atoms with Crippen LogP contribution in [0.25, 0.3) is 0 Å². The minimum Gasteiger partial charge on any atom is -0.481 e. The van der Waals surface area contributed by atoms with E-state index in [0.717, 1.165) is 12.0 Å². The van der Waals surface area contributed by atoms with Crippen molar-refractivity contribution >= 4 is 11.9 Å². The molecular weight excluding hydrogens is 266 g/mol. The number of carboxylic acids is 1. The zero-order valence-electron chi connectivity index (χ0n) is 13.3. The number of carbonyl (C=O) groups excluding carboxylic acids is 1. The number of hydrogen-bond donors (Lipinski definition) is 2. The number of benzene rings is 1. The first-order chi connectivity index (χ1) is 9.79. The van der Waals surface area contributed by atoms with E-state index >= 15 is 0 Å². The summed E-state index contributed by atoms with van der Waals surface area (Å²) in [6, 6.07) is 8.05. The molecular formula is C17H25NO3. The summed E-state index contributed by atoms with van der Waals surface area (Å²) in [7, 11) is 0. The Morgan fingerprint density at radius 1 is 1.19 bits per heavy atom. The van der Waals surface area contributed by atoms with E-state index in [1.807, 2.05) is 38.1 Å². The predicted octanol–water partition coefficient (Wildman–Crippen LogP) is 3.00. The molecule has 21 heavy (non-hydrogen) atoms. The van der Waals surface area contributed by atoms with Gasteiger partial charge in [0.25, 0.3) is 0 Å². The van der Waals surface area contributed by atoms with Crippen LogP contribution in [0, 0.1) is 11.3 Å². The van der Waals surface area contributed by atoms with Crippen LogP contribution in [0.2, 0.25) is 0 Å². The molecule has 0 aliphatic rings. The van der Waals surface area contributed by atoms with Crippen molar-refractivity contribution in [1.29, 1.82) is 0 Å². The lowest BCUT2D eigenvalue weighted by molar-refractivity contribution is -0.153. The summed E-state index contributed by atoms with van der Waals surface area (Å²) in [5.74, 6) is -1.27. The zero-order valence-corrected chi connectivity index (χ0v) is 13.3. The smallest absolute Gasteiger partial charge is 0.310 e. The van der Waals surface area contributed by atoms with Gasteiger partial charge in [0.2, 0.25) is 5.91 Å².